The quantitative estimate of drug-likeness (QED) is 0.742. The van der Waals surface area contributed by atoms with Gasteiger partial charge in [-0.1, -0.05) is 13.8 Å². The van der Waals surface area contributed by atoms with E-state index in [-0.39, 0.29) is 11.3 Å². The van der Waals surface area contributed by atoms with Crippen molar-refractivity contribution in [3.05, 3.63) is 0 Å². The van der Waals surface area contributed by atoms with E-state index in [1.807, 2.05) is 4.90 Å². The van der Waals surface area contributed by atoms with Gasteiger partial charge in [-0.3, -0.25) is 9.59 Å². The molecule has 4 unspecified atom stereocenters. The Labute approximate surface area is 188 Å². The molecular formula is C26H43N3O2. The van der Waals surface area contributed by atoms with Gasteiger partial charge in [0.05, 0.1) is 0 Å². The molecule has 0 spiro atoms. The van der Waals surface area contributed by atoms with Crippen molar-refractivity contribution in [1.29, 1.82) is 0 Å². The highest BCUT2D eigenvalue weighted by Gasteiger charge is 2.47. The SMILES string of the molecule is CC1CCC2NC(C3CCC(C(=O)N4CCN(C(=O)C5(C)CC5)CC4)CC3)CCC2C1. The minimum absolute atomic E-state index is 0.0897. The highest BCUT2D eigenvalue weighted by atomic mass is 16.2. The molecule has 2 aliphatic heterocycles. The molecule has 5 aliphatic rings. The van der Waals surface area contributed by atoms with E-state index in [9.17, 15) is 9.59 Å². The van der Waals surface area contributed by atoms with Crippen molar-refractivity contribution in [3.8, 4) is 0 Å². The molecule has 0 radical (unpaired) electrons. The Morgan fingerprint density at radius 1 is 0.774 bits per heavy atom. The number of piperidine rings is 1. The molecule has 5 rings (SSSR count). The highest BCUT2D eigenvalue weighted by molar-refractivity contribution is 5.85. The number of piperazine rings is 1. The third-order valence-corrected chi connectivity index (χ3v) is 9.61. The molecule has 0 bridgehead atoms. The predicted molar refractivity (Wildman–Crippen MR) is 122 cm³/mol. The number of nitrogens with zero attached hydrogens (tertiary/aromatic N) is 2. The van der Waals surface area contributed by atoms with Gasteiger partial charge in [-0.25, -0.2) is 0 Å². The topological polar surface area (TPSA) is 52.7 Å². The minimum Gasteiger partial charge on any atom is -0.339 e. The number of amides is 2. The van der Waals surface area contributed by atoms with Crippen LogP contribution in [0.5, 0.6) is 0 Å². The Hall–Kier alpha value is -1.10. The zero-order valence-electron chi connectivity index (χ0n) is 19.8. The standard InChI is InChI=1S/C26H43N3O2/c1-18-3-9-23-21(17-18)8-10-22(27-23)19-4-6-20(7-5-19)24(30)28-13-15-29(16-14-28)25(31)26(2)11-12-26/h18-23,27H,3-17H2,1-2H3. The molecule has 5 nitrogen and oxygen atoms in total. The number of hydrogen-bond acceptors (Lipinski definition) is 3. The van der Waals surface area contributed by atoms with Gasteiger partial charge in [0.2, 0.25) is 11.8 Å². The van der Waals surface area contributed by atoms with Crippen LogP contribution in [0.2, 0.25) is 0 Å². The third-order valence-electron chi connectivity index (χ3n) is 9.61. The smallest absolute Gasteiger partial charge is 0.228 e. The zero-order valence-corrected chi connectivity index (χ0v) is 19.8. The van der Waals surface area contributed by atoms with E-state index in [1.165, 1.54) is 44.9 Å². The minimum atomic E-state index is -0.0897. The zero-order chi connectivity index (χ0) is 21.6. The summed E-state index contributed by atoms with van der Waals surface area (Å²) in [5.74, 6) is 3.48. The molecule has 0 aromatic rings. The average Bonchev–Trinajstić information content (AvgIpc) is 3.56. The normalized spacial score (nSPS) is 40.2. The second-order valence-electron chi connectivity index (χ2n) is 11.9. The molecule has 3 aliphatic carbocycles. The molecular weight excluding hydrogens is 386 g/mol. The lowest BCUT2D eigenvalue weighted by molar-refractivity contribution is -0.145. The van der Waals surface area contributed by atoms with E-state index < -0.39 is 0 Å². The number of nitrogens with one attached hydrogen (secondary N) is 1. The van der Waals surface area contributed by atoms with Gasteiger partial charge < -0.3 is 15.1 Å². The first kappa shape index (κ1) is 21.7. The van der Waals surface area contributed by atoms with Crippen LogP contribution in [0.25, 0.3) is 0 Å². The summed E-state index contributed by atoms with van der Waals surface area (Å²) in [5, 5.41) is 4.05. The predicted octanol–water partition coefficient (Wildman–Crippen LogP) is 3.82. The van der Waals surface area contributed by atoms with Gasteiger partial charge >= 0.3 is 0 Å². The highest BCUT2D eigenvalue weighted by Crippen LogP contribution is 2.46. The summed E-state index contributed by atoms with van der Waals surface area (Å²) in [5.41, 5.74) is -0.0897. The summed E-state index contributed by atoms with van der Waals surface area (Å²) >= 11 is 0. The fourth-order valence-corrected chi connectivity index (χ4v) is 7.10. The summed E-state index contributed by atoms with van der Waals surface area (Å²) < 4.78 is 0. The molecule has 2 heterocycles. The van der Waals surface area contributed by atoms with Gasteiger partial charge in [0.25, 0.3) is 0 Å². The fourth-order valence-electron chi connectivity index (χ4n) is 7.10. The van der Waals surface area contributed by atoms with E-state index in [2.05, 4.69) is 24.1 Å². The first-order valence-corrected chi connectivity index (χ1v) is 13.3. The maximum Gasteiger partial charge on any atom is 0.228 e. The van der Waals surface area contributed by atoms with Crippen molar-refractivity contribution in [1.82, 2.24) is 15.1 Å². The van der Waals surface area contributed by atoms with E-state index in [4.69, 9.17) is 0 Å². The van der Waals surface area contributed by atoms with E-state index in [0.717, 1.165) is 75.7 Å². The molecule has 0 aromatic heterocycles. The van der Waals surface area contributed by atoms with E-state index in [1.54, 1.807) is 0 Å². The molecule has 0 aromatic carbocycles. The lowest BCUT2D eigenvalue weighted by Gasteiger charge is -2.46. The molecule has 31 heavy (non-hydrogen) atoms. The summed E-state index contributed by atoms with van der Waals surface area (Å²) in [7, 11) is 0. The second kappa shape index (κ2) is 8.68. The monoisotopic (exact) mass is 429 g/mol. The van der Waals surface area contributed by atoms with Crippen LogP contribution in [0.3, 0.4) is 0 Å². The molecule has 5 fully saturated rings. The average molecular weight is 430 g/mol. The fraction of sp³-hybridized carbons (Fsp3) is 0.923. The second-order valence-corrected chi connectivity index (χ2v) is 11.9. The molecule has 3 saturated carbocycles. The number of hydrogen-bond donors (Lipinski definition) is 1. The van der Waals surface area contributed by atoms with Crippen LogP contribution in [0.15, 0.2) is 0 Å². The first-order valence-electron chi connectivity index (χ1n) is 13.3. The van der Waals surface area contributed by atoms with Crippen LogP contribution in [-0.4, -0.2) is 59.9 Å². The van der Waals surface area contributed by atoms with Crippen LogP contribution >= 0.6 is 0 Å². The number of carbonyl (C=O) groups is 2. The lowest BCUT2D eigenvalue weighted by Crippen LogP contribution is -2.54. The Balaban J connectivity index is 1.06. The Kier molecular flexibility index (Phi) is 6.09. The Morgan fingerprint density at radius 3 is 2.03 bits per heavy atom. The van der Waals surface area contributed by atoms with Gasteiger partial charge in [-0.15, -0.1) is 0 Å². The van der Waals surface area contributed by atoms with Gasteiger partial charge in [-0.2, -0.15) is 0 Å². The van der Waals surface area contributed by atoms with Crippen molar-refractivity contribution in [2.24, 2.45) is 29.1 Å². The summed E-state index contributed by atoms with van der Waals surface area (Å²) in [6.45, 7) is 7.41. The molecule has 4 atom stereocenters. The van der Waals surface area contributed by atoms with Crippen molar-refractivity contribution in [3.63, 3.8) is 0 Å². The van der Waals surface area contributed by atoms with Crippen molar-refractivity contribution < 1.29 is 9.59 Å². The first-order chi connectivity index (χ1) is 14.9. The van der Waals surface area contributed by atoms with Gasteiger partial charge in [0, 0.05) is 49.6 Å². The number of rotatable bonds is 3. The van der Waals surface area contributed by atoms with Gasteiger partial charge in [-0.05, 0) is 88.4 Å². The molecule has 2 saturated heterocycles. The van der Waals surface area contributed by atoms with Crippen molar-refractivity contribution in [2.75, 3.05) is 26.2 Å². The lowest BCUT2D eigenvalue weighted by atomic mass is 9.70. The number of carbonyl (C=O) groups excluding carboxylic acids is 2. The largest absolute Gasteiger partial charge is 0.339 e. The third kappa shape index (κ3) is 4.54. The van der Waals surface area contributed by atoms with E-state index >= 15 is 0 Å². The van der Waals surface area contributed by atoms with Crippen LogP contribution in [0.1, 0.15) is 84.5 Å². The number of fused-ring (bicyclic) bond motifs is 1. The van der Waals surface area contributed by atoms with Crippen molar-refractivity contribution in [2.45, 2.75) is 96.6 Å². The van der Waals surface area contributed by atoms with Crippen LogP contribution < -0.4 is 5.32 Å². The van der Waals surface area contributed by atoms with Crippen molar-refractivity contribution >= 4 is 11.8 Å². The Bertz CT molecular complexity index is 674. The maximum absolute atomic E-state index is 13.1. The molecule has 5 heteroatoms. The van der Waals surface area contributed by atoms with Crippen LogP contribution in [-0.2, 0) is 9.59 Å². The molecule has 174 valence electrons. The molecule has 2 amide bonds. The van der Waals surface area contributed by atoms with Crippen LogP contribution in [0, 0.1) is 29.1 Å². The van der Waals surface area contributed by atoms with Crippen LogP contribution in [0.4, 0.5) is 0 Å². The Morgan fingerprint density at radius 2 is 1.35 bits per heavy atom. The summed E-state index contributed by atoms with van der Waals surface area (Å²) in [6.07, 6.45) is 13.5. The summed E-state index contributed by atoms with van der Waals surface area (Å²) in [6, 6.07) is 1.44. The van der Waals surface area contributed by atoms with Gasteiger partial charge in [0.15, 0.2) is 0 Å². The molecule has 1 N–H and O–H groups in total. The summed E-state index contributed by atoms with van der Waals surface area (Å²) in [4.78, 5) is 29.8. The van der Waals surface area contributed by atoms with Gasteiger partial charge in [0.1, 0.15) is 0 Å². The van der Waals surface area contributed by atoms with E-state index in [0.29, 0.717) is 17.9 Å². The maximum atomic E-state index is 13.1.